The molecule has 0 aliphatic carbocycles. The molecule has 0 aromatic carbocycles. The van der Waals surface area contributed by atoms with Gasteiger partial charge >= 0.3 is 169 Å². The molecule has 3 heteroatoms. The van der Waals surface area contributed by atoms with E-state index < -0.39 is 14.9 Å². The summed E-state index contributed by atoms with van der Waals surface area (Å²) in [5.74, 6) is 0. The molecular weight excluding hydrogens is 479 g/mol. The average molecular weight is 544 g/mol. The standard InChI is InChI=1S/C31H64AsO2/c1-3-5-7-9-11-13-15-17-19-21-23-25-27-29-31-34-32(33)30-28-26-24-22-20-18-16-14-12-10-8-6-4-2/h3-31H2,1-2H3. The van der Waals surface area contributed by atoms with E-state index in [4.69, 9.17) is 3.73 Å². The number of unbranched alkanes of at least 4 members (excludes halogenated alkanes) is 25. The normalized spacial score (nSPS) is 11.9. The van der Waals surface area contributed by atoms with E-state index in [1.165, 1.54) is 161 Å². The van der Waals surface area contributed by atoms with Gasteiger partial charge in [0, 0.05) is 0 Å². The van der Waals surface area contributed by atoms with E-state index in [0.717, 1.165) is 24.7 Å². The second-order valence-electron chi connectivity index (χ2n) is 10.7. The molecule has 0 heterocycles. The van der Waals surface area contributed by atoms with Gasteiger partial charge in [0.1, 0.15) is 0 Å². The monoisotopic (exact) mass is 543 g/mol. The van der Waals surface area contributed by atoms with Gasteiger partial charge in [0.2, 0.25) is 0 Å². The summed E-state index contributed by atoms with van der Waals surface area (Å²) in [7, 11) is 0. The first-order valence-electron chi connectivity index (χ1n) is 15.9. The van der Waals surface area contributed by atoms with Gasteiger partial charge in [-0.3, -0.25) is 0 Å². The minimum atomic E-state index is -2.20. The summed E-state index contributed by atoms with van der Waals surface area (Å²) in [6, 6.07) is 0. The Morgan fingerprint density at radius 2 is 0.647 bits per heavy atom. The summed E-state index contributed by atoms with van der Waals surface area (Å²) in [4.78, 5) is 0. The van der Waals surface area contributed by atoms with E-state index in [1.807, 2.05) is 0 Å². The minimum Gasteiger partial charge on any atom is -0.0654 e. The molecule has 0 saturated carbocycles. The van der Waals surface area contributed by atoms with E-state index in [1.54, 1.807) is 0 Å². The van der Waals surface area contributed by atoms with Crippen molar-refractivity contribution in [3.63, 3.8) is 0 Å². The van der Waals surface area contributed by atoms with Crippen molar-refractivity contribution in [2.24, 2.45) is 0 Å². The van der Waals surface area contributed by atoms with Gasteiger partial charge < -0.3 is 0 Å². The van der Waals surface area contributed by atoms with Crippen LogP contribution in [0.3, 0.4) is 0 Å². The van der Waals surface area contributed by atoms with Crippen molar-refractivity contribution < 1.29 is 7.47 Å². The van der Waals surface area contributed by atoms with Crippen LogP contribution in [0.15, 0.2) is 0 Å². The fourth-order valence-electron chi connectivity index (χ4n) is 4.79. The molecule has 2 nitrogen and oxygen atoms in total. The van der Waals surface area contributed by atoms with Crippen LogP contribution < -0.4 is 0 Å². The predicted octanol–water partition coefficient (Wildman–Crippen LogP) is 11.5. The molecule has 0 bridgehead atoms. The Balaban J connectivity index is 3.14. The molecule has 1 radical (unpaired) electrons. The molecule has 0 rings (SSSR count). The predicted molar refractivity (Wildman–Crippen MR) is 153 cm³/mol. The van der Waals surface area contributed by atoms with Gasteiger partial charge in [0.05, 0.1) is 0 Å². The van der Waals surface area contributed by atoms with Crippen LogP contribution in [-0.4, -0.2) is 21.5 Å². The van der Waals surface area contributed by atoms with Crippen LogP contribution in [0.25, 0.3) is 0 Å². The molecule has 0 amide bonds. The van der Waals surface area contributed by atoms with Gasteiger partial charge in [0.25, 0.3) is 0 Å². The summed E-state index contributed by atoms with van der Waals surface area (Å²) < 4.78 is 17.7. The molecule has 0 aromatic heterocycles. The van der Waals surface area contributed by atoms with Crippen LogP contribution in [0.1, 0.15) is 187 Å². The van der Waals surface area contributed by atoms with Crippen molar-refractivity contribution in [1.29, 1.82) is 0 Å². The van der Waals surface area contributed by atoms with Crippen molar-refractivity contribution in [1.82, 2.24) is 0 Å². The quantitative estimate of drug-likeness (QED) is 0.0665. The second kappa shape index (κ2) is 31.3. The van der Waals surface area contributed by atoms with Crippen molar-refractivity contribution in [2.45, 2.75) is 192 Å². The minimum absolute atomic E-state index is 0.736. The summed E-state index contributed by atoms with van der Waals surface area (Å²) in [5, 5.41) is 0.851. The van der Waals surface area contributed by atoms with Crippen LogP contribution in [0, 0.1) is 0 Å². The Bertz CT molecular complexity index is 386. The number of hydrogen-bond acceptors (Lipinski definition) is 2. The molecule has 0 fully saturated rings. The maximum absolute atomic E-state index is 12.1. The molecule has 34 heavy (non-hydrogen) atoms. The van der Waals surface area contributed by atoms with Gasteiger partial charge in [-0.25, -0.2) is 0 Å². The van der Waals surface area contributed by atoms with Crippen molar-refractivity contribution in [3.8, 4) is 0 Å². The summed E-state index contributed by atoms with van der Waals surface area (Å²) in [6.07, 6.45) is 37.1. The molecule has 1 unspecified atom stereocenters. The van der Waals surface area contributed by atoms with Crippen LogP contribution in [0.4, 0.5) is 0 Å². The van der Waals surface area contributed by atoms with Crippen LogP contribution in [-0.2, 0) is 7.47 Å². The Hall–Kier alpha value is 0.318. The first-order chi connectivity index (χ1) is 16.8. The topological polar surface area (TPSA) is 26.3 Å². The molecule has 1 atom stereocenters. The van der Waals surface area contributed by atoms with E-state index >= 15 is 0 Å². The molecule has 0 N–H and O–H groups in total. The fourth-order valence-corrected chi connectivity index (χ4v) is 6.77. The molecule has 0 aliphatic heterocycles. The van der Waals surface area contributed by atoms with Crippen molar-refractivity contribution in [3.05, 3.63) is 0 Å². The Kier molecular flexibility index (Phi) is 31.6. The van der Waals surface area contributed by atoms with Crippen LogP contribution in [0.5, 0.6) is 0 Å². The second-order valence-corrected chi connectivity index (χ2v) is 13.6. The number of hydrogen-bond donors (Lipinski definition) is 0. The summed E-state index contributed by atoms with van der Waals surface area (Å²) >= 11 is -2.20. The molecule has 0 spiro atoms. The van der Waals surface area contributed by atoms with E-state index in [2.05, 4.69) is 13.8 Å². The van der Waals surface area contributed by atoms with E-state index in [9.17, 15) is 3.74 Å². The zero-order chi connectivity index (χ0) is 24.8. The van der Waals surface area contributed by atoms with Gasteiger partial charge in [-0.15, -0.1) is 0 Å². The van der Waals surface area contributed by atoms with Crippen LogP contribution in [0.2, 0.25) is 5.21 Å². The SMILES string of the molecule is CCCCCCCCCCCCCCCCO[As](=O)CCCCCCCCCCCCCCC. The summed E-state index contributed by atoms with van der Waals surface area (Å²) in [5.41, 5.74) is 0. The first-order valence-corrected chi connectivity index (χ1v) is 18.7. The van der Waals surface area contributed by atoms with Gasteiger partial charge in [-0.1, -0.05) is 52.4 Å². The Labute approximate surface area is 221 Å². The first kappa shape index (κ1) is 34.3. The van der Waals surface area contributed by atoms with E-state index in [-0.39, 0.29) is 0 Å². The zero-order valence-electron chi connectivity index (χ0n) is 23.8. The number of rotatable bonds is 30. The van der Waals surface area contributed by atoms with Gasteiger partial charge in [0.15, 0.2) is 0 Å². The van der Waals surface area contributed by atoms with Crippen molar-refractivity contribution >= 4 is 14.9 Å². The van der Waals surface area contributed by atoms with Crippen LogP contribution >= 0.6 is 0 Å². The Morgan fingerprint density at radius 3 is 0.971 bits per heavy atom. The molecule has 0 saturated heterocycles. The van der Waals surface area contributed by atoms with Gasteiger partial charge in [-0.05, 0) is 0 Å². The third kappa shape index (κ3) is 30.3. The third-order valence-corrected chi connectivity index (χ3v) is 9.59. The van der Waals surface area contributed by atoms with Crippen molar-refractivity contribution in [2.75, 3.05) is 6.61 Å². The molecule has 0 aromatic rings. The summed E-state index contributed by atoms with van der Waals surface area (Å²) in [6.45, 7) is 5.31. The molecular formula is C31H64AsO2. The molecule has 205 valence electrons. The van der Waals surface area contributed by atoms with E-state index in [0.29, 0.717) is 0 Å². The fraction of sp³-hybridized carbons (Fsp3) is 1.00. The maximum atomic E-state index is 12.1. The third-order valence-electron chi connectivity index (χ3n) is 7.18. The Morgan fingerprint density at radius 1 is 0.382 bits per heavy atom. The average Bonchev–Trinajstić information content (AvgIpc) is 2.84. The van der Waals surface area contributed by atoms with Gasteiger partial charge in [-0.2, -0.15) is 0 Å². The smallest absolute Gasteiger partial charge is 0.0654 e. The zero-order valence-corrected chi connectivity index (χ0v) is 25.6. The molecule has 0 aliphatic rings.